The fourth-order valence-corrected chi connectivity index (χ4v) is 7.06. The molecule has 1 atom stereocenters. The normalized spacial score (nSPS) is 15.8. The van der Waals surface area contributed by atoms with Crippen molar-refractivity contribution in [2.45, 2.75) is 37.3 Å². The molecule has 4 aromatic rings. The summed E-state index contributed by atoms with van der Waals surface area (Å²) in [5.41, 5.74) is 2.90. The summed E-state index contributed by atoms with van der Waals surface area (Å²) >= 11 is 7.63. The summed E-state index contributed by atoms with van der Waals surface area (Å²) < 4.78 is 34.0. The van der Waals surface area contributed by atoms with Gasteiger partial charge >= 0.3 is 0 Å². The van der Waals surface area contributed by atoms with Crippen LogP contribution in [0, 0.1) is 6.92 Å². The van der Waals surface area contributed by atoms with E-state index in [0.29, 0.717) is 28.9 Å². The number of likely N-dealkylation sites (N-methyl/N-ethyl adjacent to an activating group) is 1. The number of nitrogens with zero attached hydrogens (tertiary/aromatic N) is 4. The molecule has 0 aliphatic carbocycles. The summed E-state index contributed by atoms with van der Waals surface area (Å²) in [7, 11) is -2.17. The van der Waals surface area contributed by atoms with Crippen LogP contribution in [0.25, 0.3) is 10.2 Å². The molecule has 11 heteroatoms. The number of sulfonamides is 1. The number of amides is 1. The second-order valence-electron chi connectivity index (χ2n) is 9.26. The van der Waals surface area contributed by atoms with Crippen molar-refractivity contribution in [1.82, 2.24) is 14.3 Å². The minimum absolute atomic E-state index is 0.0935. The highest BCUT2D eigenvalue weighted by Crippen LogP contribution is 2.34. The highest BCUT2D eigenvalue weighted by Gasteiger charge is 2.27. The average molecular weight is 571 g/mol. The van der Waals surface area contributed by atoms with Gasteiger partial charge in [-0.05, 0) is 73.4 Å². The average Bonchev–Trinajstić information content (AvgIpc) is 3.57. The second-order valence-corrected chi connectivity index (χ2v) is 12.8. The molecule has 0 bridgehead atoms. The Kier molecular flexibility index (Phi) is 7.78. The van der Waals surface area contributed by atoms with Crippen molar-refractivity contribution in [2.75, 3.05) is 25.1 Å². The van der Waals surface area contributed by atoms with E-state index in [9.17, 15) is 13.2 Å². The number of carbonyl (C=O) groups excluding carboxylic acids is 1. The summed E-state index contributed by atoms with van der Waals surface area (Å²) in [4.78, 5) is 24.4. The van der Waals surface area contributed by atoms with Gasteiger partial charge in [-0.15, -0.1) is 0 Å². The number of ether oxygens (including phenoxy) is 1. The van der Waals surface area contributed by atoms with E-state index in [-0.39, 0.29) is 23.5 Å². The highest BCUT2D eigenvalue weighted by atomic mass is 35.5. The van der Waals surface area contributed by atoms with Gasteiger partial charge in [0.15, 0.2) is 5.13 Å². The number of hydrogen-bond acceptors (Lipinski definition) is 7. The number of rotatable bonds is 8. The molecule has 0 spiro atoms. The number of fused-ring (bicyclic) bond motifs is 1. The van der Waals surface area contributed by atoms with E-state index in [2.05, 4.69) is 4.98 Å². The van der Waals surface area contributed by atoms with Gasteiger partial charge in [-0.1, -0.05) is 29.0 Å². The molecule has 1 unspecified atom stereocenters. The van der Waals surface area contributed by atoms with Crippen LogP contribution in [-0.4, -0.2) is 54.9 Å². The predicted molar refractivity (Wildman–Crippen MR) is 149 cm³/mol. The third-order valence-corrected chi connectivity index (χ3v) is 9.55. The number of thiazole rings is 1. The topological polar surface area (TPSA) is 92.7 Å². The molecule has 3 heterocycles. The Morgan fingerprint density at radius 1 is 1.21 bits per heavy atom. The maximum absolute atomic E-state index is 13.8. The van der Waals surface area contributed by atoms with Crippen molar-refractivity contribution >= 4 is 54.2 Å². The zero-order valence-electron chi connectivity index (χ0n) is 21.0. The van der Waals surface area contributed by atoms with Crippen LogP contribution in [0.3, 0.4) is 0 Å². The Morgan fingerprint density at radius 3 is 2.68 bits per heavy atom. The lowest BCUT2D eigenvalue weighted by atomic mass is 10.2. The number of hydrogen-bond donors (Lipinski definition) is 0. The first kappa shape index (κ1) is 26.7. The molecule has 1 amide bonds. The smallest absolute Gasteiger partial charge is 0.260 e. The van der Waals surface area contributed by atoms with Crippen LogP contribution in [0.15, 0.2) is 65.8 Å². The van der Waals surface area contributed by atoms with Gasteiger partial charge in [0.25, 0.3) is 5.91 Å². The van der Waals surface area contributed by atoms with Crippen molar-refractivity contribution in [1.29, 1.82) is 0 Å². The van der Waals surface area contributed by atoms with Gasteiger partial charge < -0.3 is 4.74 Å². The standard InChI is InChI=1S/C27H27ClN4O4S2/c1-18-13-21(28)14-24-25(18)30-27(37-24)32(16-19-5-3-11-29-15-19)26(33)20-7-9-23(10-8-20)38(34,35)31(2)17-22-6-4-12-36-22/h3,5,7-11,13-15,22H,4,6,12,16-17H2,1-2H3. The summed E-state index contributed by atoms with van der Waals surface area (Å²) in [6, 6.07) is 13.4. The Labute approximate surface area is 230 Å². The van der Waals surface area contributed by atoms with E-state index in [1.54, 1.807) is 36.5 Å². The molecule has 38 heavy (non-hydrogen) atoms. The number of aryl methyl sites for hydroxylation is 1. The number of pyridine rings is 1. The molecular weight excluding hydrogens is 544 g/mol. The van der Waals surface area contributed by atoms with Crippen molar-refractivity contribution < 1.29 is 17.9 Å². The predicted octanol–water partition coefficient (Wildman–Crippen LogP) is 5.30. The van der Waals surface area contributed by atoms with Gasteiger partial charge in [0.05, 0.1) is 27.8 Å². The van der Waals surface area contributed by atoms with Crippen LogP contribution >= 0.6 is 22.9 Å². The Hall–Kier alpha value is -2.89. The van der Waals surface area contributed by atoms with Crippen molar-refractivity contribution in [3.8, 4) is 0 Å². The molecule has 0 N–H and O–H groups in total. The van der Waals surface area contributed by atoms with E-state index < -0.39 is 10.0 Å². The summed E-state index contributed by atoms with van der Waals surface area (Å²) in [5.74, 6) is -0.298. The Morgan fingerprint density at radius 2 is 2.00 bits per heavy atom. The zero-order chi connectivity index (χ0) is 26.9. The highest BCUT2D eigenvalue weighted by molar-refractivity contribution is 7.89. The molecule has 1 aliphatic rings. The SMILES string of the molecule is Cc1cc(Cl)cc2sc(N(Cc3cccnc3)C(=O)c3ccc(S(=O)(=O)N(C)CC4CCCO4)cc3)nc12. The van der Waals surface area contributed by atoms with E-state index in [1.807, 2.05) is 31.2 Å². The summed E-state index contributed by atoms with van der Waals surface area (Å²) in [6.45, 7) is 3.14. The van der Waals surface area contributed by atoms with E-state index in [0.717, 1.165) is 34.2 Å². The second kappa shape index (κ2) is 11.1. The largest absolute Gasteiger partial charge is 0.377 e. The maximum Gasteiger partial charge on any atom is 0.260 e. The fourth-order valence-electron chi connectivity index (χ4n) is 4.44. The number of aromatic nitrogens is 2. The third kappa shape index (κ3) is 5.60. The number of benzene rings is 2. The van der Waals surface area contributed by atoms with Crippen LogP contribution in [0.2, 0.25) is 5.02 Å². The monoisotopic (exact) mass is 570 g/mol. The van der Waals surface area contributed by atoms with E-state index in [1.165, 1.54) is 27.8 Å². The molecule has 0 radical (unpaired) electrons. The van der Waals surface area contributed by atoms with E-state index in [4.69, 9.17) is 21.3 Å². The molecule has 2 aromatic carbocycles. The lowest BCUT2D eigenvalue weighted by molar-refractivity contribution is 0.0978. The fraction of sp³-hybridized carbons (Fsp3) is 0.296. The van der Waals surface area contributed by atoms with Gasteiger partial charge in [-0.2, -0.15) is 4.31 Å². The molecule has 0 saturated carbocycles. The lowest BCUT2D eigenvalue weighted by Crippen LogP contribution is -2.34. The van der Waals surface area contributed by atoms with Crippen LogP contribution in [0.4, 0.5) is 5.13 Å². The molecule has 2 aromatic heterocycles. The first-order valence-corrected chi connectivity index (χ1v) is 14.8. The van der Waals surface area contributed by atoms with Crippen LogP contribution in [0.1, 0.15) is 34.3 Å². The molecule has 1 aliphatic heterocycles. The minimum Gasteiger partial charge on any atom is -0.377 e. The van der Waals surface area contributed by atoms with Crippen LogP contribution in [-0.2, 0) is 21.3 Å². The van der Waals surface area contributed by atoms with Gasteiger partial charge in [0, 0.05) is 43.2 Å². The lowest BCUT2D eigenvalue weighted by Gasteiger charge is -2.21. The molecule has 1 saturated heterocycles. The van der Waals surface area contributed by atoms with Gasteiger partial charge in [0.2, 0.25) is 10.0 Å². The minimum atomic E-state index is -3.72. The van der Waals surface area contributed by atoms with Crippen molar-refractivity contribution in [2.24, 2.45) is 0 Å². The molecule has 198 valence electrons. The number of carbonyl (C=O) groups is 1. The molecule has 8 nitrogen and oxygen atoms in total. The molecule has 5 rings (SSSR count). The van der Waals surface area contributed by atoms with E-state index >= 15 is 0 Å². The first-order valence-electron chi connectivity index (χ1n) is 12.2. The Bertz CT molecular complexity index is 1550. The number of anilines is 1. The quantitative estimate of drug-likeness (QED) is 0.285. The summed E-state index contributed by atoms with van der Waals surface area (Å²) in [5, 5.41) is 1.13. The molecule has 1 fully saturated rings. The zero-order valence-corrected chi connectivity index (χ0v) is 23.4. The first-order chi connectivity index (χ1) is 18.2. The van der Waals surface area contributed by atoms with Gasteiger partial charge in [-0.25, -0.2) is 13.4 Å². The summed E-state index contributed by atoms with van der Waals surface area (Å²) in [6.07, 6.45) is 5.07. The van der Waals surface area contributed by atoms with Gasteiger partial charge in [0.1, 0.15) is 0 Å². The third-order valence-electron chi connectivity index (χ3n) is 6.47. The van der Waals surface area contributed by atoms with Crippen molar-refractivity contribution in [3.63, 3.8) is 0 Å². The Balaban J connectivity index is 1.44. The maximum atomic E-state index is 13.8. The molecular formula is C27H27ClN4O4S2. The van der Waals surface area contributed by atoms with Gasteiger partial charge in [-0.3, -0.25) is 14.7 Å². The number of halogens is 1. The van der Waals surface area contributed by atoms with Crippen molar-refractivity contribution in [3.05, 3.63) is 82.6 Å². The van der Waals surface area contributed by atoms with Crippen LogP contribution < -0.4 is 4.90 Å². The van der Waals surface area contributed by atoms with Crippen LogP contribution in [0.5, 0.6) is 0 Å².